The summed E-state index contributed by atoms with van der Waals surface area (Å²) < 4.78 is 24.1. The number of hydrogen-bond acceptors (Lipinski definition) is 5. The molecule has 32 heavy (non-hydrogen) atoms. The summed E-state index contributed by atoms with van der Waals surface area (Å²) in [6.07, 6.45) is 1.78. The first kappa shape index (κ1) is 20.8. The Kier molecular flexibility index (Phi) is 5.49. The minimum absolute atomic E-state index is 0.120. The molecule has 3 aromatic carbocycles. The van der Waals surface area contributed by atoms with Gasteiger partial charge in [-0.1, -0.05) is 45.8 Å². The van der Waals surface area contributed by atoms with Crippen molar-refractivity contribution in [3.05, 3.63) is 92.1 Å². The third-order valence-electron chi connectivity index (χ3n) is 5.51. The van der Waals surface area contributed by atoms with E-state index in [9.17, 15) is 4.79 Å². The van der Waals surface area contributed by atoms with E-state index in [4.69, 9.17) is 18.9 Å². The van der Waals surface area contributed by atoms with Crippen LogP contribution in [-0.4, -0.2) is 12.6 Å². The minimum Gasteiger partial charge on any atom is -0.488 e. The monoisotopic (exact) mass is 492 g/mol. The lowest BCUT2D eigenvalue weighted by atomic mass is 10.1. The van der Waals surface area contributed by atoms with Gasteiger partial charge in [0.1, 0.15) is 23.9 Å². The highest BCUT2D eigenvalue weighted by molar-refractivity contribution is 9.10. The van der Waals surface area contributed by atoms with Crippen molar-refractivity contribution in [1.82, 2.24) is 0 Å². The van der Waals surface area contributed by atoms with Gasteiger partial charge in [0.05, 0.1) is 12.2 Å². The second-order valence-electron chi connectivity index (χ2n) is 7.87. The summed E-state index contributed by atoms with van der Waals surface area (Å²) in [6, 6.07) is 15.5. The van der Waals surface area contributed by atoms with Crippen LogP contribution < -0.4 is 14.2 Å². The molecule has 2 heterocycles. The molecule has 3 aromatic rings. The molecule has 0 unspecified atom stereocenters. The predicted molar refractivity (Wildman–Crippen MR) is 124 cm³/mol. The van der Waals surface area contributed by atoms with Crippen LogP contribution in [0.1, 0.15) is 38.2 Å². The average Bonchev–Trinajstić information content (AvgIpc) is 3.09. The molecule has 0 aliphatic carbocycles. The largest absolute Gasteiger partial charge is 0.488 e. The fraction of sp³-hybridized carbons (Fsp3) is 0.192. The highest BCUT2D eigenvalue weighted by atomic mass is 79.9. The molecule has 5 nitrogen and oxygen atoms in total. The highest BCUT2D eigenvalue weighted by Crippen LogP contribution is 2.40. The topological polar surface area (TPSA) is 54.0 Å². The van der Waals surface area contributed by atoms with Gasteiger partial charge in [0, 0.05) is 21.2 Å². The second-order valence-corrected chi connectivity index (χ2v) is 8.79. The molecule has 162 valence electrons. The van der Waals surface area contributed by atoms with Crippen molar-refractivity contribution in [2.45, 2.75) is 27.1 Å². The van der Waals surface area contributed by atoms with Crippen LogP contribution in [0.3, 0.4) is 0 Å². The SMILES string of the molecule is Cc1cccc(/C=C2\Oc3c(ccc(OCc4cc(Br)cc5c4OCOC5)c3C)C2=O)c1. The molecule has 0 aromatic heterocycles. The van der Waals surface area contributed by atoms with Gasteiger partial charge in [-0.15, -0.1) is 0 Å². The van der Waals surface area contributed by atoms with E-state index in [0.29, 0.717) is 36.0 Å². The fourth-order valence-corrected chi connectivity index (χ4v) is 4.51. The molecule has 2 aliphatic heterocycles. The molecule has 6 heteroatoms. The molecule has 0 saturated heterocycles. The lowest BCUT2D eigenvalue weighted by Crippen LogP contribution is -2.14. The molecular formula is C26H21BrO5. The fourth-order valence-electron chi connectivity index (χ4n) is 3.96. The van der Waals surface area contributed by atoms with Gasteiger partial charge in [-0.25, -0.2) is 0 Å². The number of allylic oxidation sites excluding steroid dienone is 1. The van der Waals surface area contributed by atoms with Crippen LogP contribution in [0.2, 0.25) is 0 Å². The number of benzene rings is 3. The lowest BCUT2D eigenvalue weighted by molar-refractivity contribution is -0.0176. The molecular weight excluding hydrogens is 472 g/mol. The third-order valence-corrected chi connectivity index (χ3v) is 5.97. The van der Waals surface area contributed by atoms with E-state index in [1.807, 2.05) is 56.3 Å². The number of carbonyl (C=O) groups is 1. The summed E-state index contributed by atoms with van der Waals surface area (Å²) in [6.45, 7) is 4.97. The summed E-state index contributed by atoms with van der Waals surface area (Å²) in [5.41, 5.74) is 5.30. The Morgan fingerprint density at radius 3 is 2.81 bits per heavy atom. The first-order valence-corrected chi connectivity index (χ1v) is 11.1. The zero-order valence-electron chi connectivity index (χ0n) is 17.7. The number of carbonyl (C=O) groups excluding carboxylic acids is 1. The summed E-state index contributed by atoms with van der Waals surface area (Å²) in [7, 11) is 0. The van der Waals surface area contributed by atoms with Crippen molar-refractivity contribution in [3.63, 3.8) is 0 Å². The zero-order valence-corrected chi connectivity index (χ0v) is 19.3. The first-order chi connectivity index (χ1) is 15.5. The Hall–Kier alpha value is -3.09. The number of fused-ring (bicyclic) bond motifs is 2. The van der Waals surface area contributed by atoms with Crippen LogP contribution >= 0.6 is 15.9 Å². The smallest absolute Gasteiger partial charge is 0.231 e. The Labute approximate surface area is 194 Å². The Morgan fingerprint density at radius 2 is 1.97 bits per heavy atom. The molecule has 0 saturated carbocycles. The van der Waals surface area contributed by atoms with Gasteiger partial charge in [-0.05, 0) is 49.8 Å². The van der Waals surface area contributed by atoms with Crippen LogP contribution in [0.25, 0.3) is 6.08 Å². The van der Waals surface area contributed by atoms with Gasteiger partial charge in [-0.3, -0.25) is 4.79 Å². The molecule has 0 radical (unpaired) electrons. The lowest BCUT2D eigenvalue weighted by Gasteiger charge is -2.21. The summed E-state index contributed by atoms with van der Waals surface area (Å²) in [4.78, 5) is 12.9. The molecule has 0 N–H and O–H groups in total. The maximum absolute atomic E-state index is 12.9. The molecule has 0 amide bonds. The van der Waals surface area contributed by atoms with Crippen LogP contribution in [-0.2, 0) is 18.0 Å². The number of hydrogen-bond donors (Lipinski definition) is 0. The zero-order chi connectivity index (χ0) is 22.2. The van der Waals surface area contributed by atoms with E-state index < -0.39 is 0 Å². The van der Waals surface area contributed by atoms with E-state index in [2.05, 4.69) is 15.9 Å². The number of rotatable bonds is 4. The van der Waals surface area contributed by atoms with E-state index in [1.165, 1.54) is 0 Å². The van der Waals surface area contributed by atoms with Crippen LogP contribution in [0.4, 0.5) is 0 Å². The Bertz CT molecular complexity index is 1260. The second kappa shape index (κ2) is 8.45. The van der Waals surface area contributed by atoms with E-state index in [0.717, 1.165) is 38.0 Å². The average molecular weight is 493 g/mol. The van der Waals surface area contributed by atoms with Crippen molar-refractivity contribution in [3.8, 4) is 17.2 Å². The first-order valence-electron chi connectivity index (χ1n) is 10.3. The Balaban J connectivity index is 1.40. The molecule has 0 fully saturated rings. The van der Waals surface area contributed by atoms with Gasteiger partial charge in [0.25, 0.3) is 0 Å². The maximum Gasteiger partial charge on any atom is 0.231 e. The quantitative estimate of drug-likeness (QED) is 0.410. The molecule has 0 bridgehead atoms. The van der Waals surface area contributed by atoms with Crippen molar-refractivity contribution in [1.29, 1.82) is 0 Å². The van der Waals surface area contributed by atoms with Crippen LogP contribution in [0.5, 0.6) is 17.2 Å². The predicted octanol–water partition coefficient (Wildman–Crippen LogP) is 6.13. The maximum atomic E-state index is 12.9. The van der Waals surface area contributed by atoms with Gasteiger partial charge >= 0.3 is 0 Å². The van der Waals surface area contributed by atoms with Crippen LogP contribution in [0.15, 0.2) is 58.8 Å². The summed E-state index contributed by atoms with van der Waals surface area (Å²) >= 11 is 3.54. The van der Waals surface area contributed by atoms with Gasteiger partial charge < -0.3 is 18.9 Å². The van der Waals surface area contributed by atoms with Gasteiger partial charge in [-0.2, -0.15) is 0 Å². The minimum atomic E-state index is -0.120. The van der Waals surface area contributed by atoms with Crippen molar-refractivity contribution in [2.24, 2.45) is 0 Å². The van der Waals surface area contributed by atoms with Gasteiger partial charge in [0.2, 0.25) is 5.78 Å². The van der Waals surface area contributed by atoms with Crippen molar-refractivity contribution >= 4 is 27.8 Å². The normalized spacial score (nSPS) is 15.7. The standard InChI is InChI=1S/C26H21BrO5/c1-15-4-3-5-17(8-15)9-23-24(28)21-6-7-22(16(2)25(21)32-23)30-13-19-11-20(27)10-18-12-29-14-31-26(18)19/h3-11H,12-14H2,1-2H3/b23-9-. The number of halogens is 1. The number of ketones is 1. The molecule has 0 atom stereocenters. The van der Waals surface area contributed by atoms with E-state index in [1.54, 1.807) is 12.1 Å². The number of aryl methyl sites for hydroxylation is 1. The van der Waals surface area contributed by atoms with Gasteiger partial charge in [0.15, 0.2) is 12.6 Å². The molecule has 0 spiro atoms. The summed E-state index contributed by atoms with van der Waals surface area (Å²) in [5, 5.41) is 0. The highest BCUT2D eigenvalue weighted by Gasteiger charge is 2.30. The number of Topliss-reactive ketones (excluding diaryl/α,β-unsaturated/α-hetero) is 1. The molecule has 2 aliphatic rings. The van der Waals surface area contributed by atoms with E-state index >= 15 is 0 Å². The molecule has 5 rings (SSSR count). The van der Waals surface area contributed by atoms with E-state index in [-0.39, 0.29) is 12.6 Å². The Morgan fingerprint density at radius 1 is 1.09 bits per heavy atom. The third kappa shape index (κ3) is 3.92. The van der Waals surface area contributed by atoms with Crippen LogP contribution in [0, 0.1) is 13.8 Å². The number of ether oxygens (including phenoxy) is 4. The van der Waals surface area contributed by atoms with Crippen molar-refractivity contribution < 1.29 is 23.7 Å². The summed E-state index contributed by atoms with van der Waals surface area (Å²) in [5.74, 6) is 2.21. The van der Waals surface area contributed by atoms with Crippen molar-refractivity contribution in [2.75, 3.05) is 6.79 Å².